The summed E-state index contributed by atoms with van der Waals surface area (Å²) < 4.78 is 0. The predicted molar refractivity (Wildman–Crippen MR) is 79.4 cm³/mol. The van der Waals surface area contributed by atoms with Gasteiger partial charge in [-0.25, -0.2) is 9.97 Å². The third-order valence-corrected chi connectivity index (χ3v) is 3.48. The molecule has 0 saturated heterocycles. The minimum Gasteiger partial charge on any atom is -0.245 e. The van der Waals surface area contributed by atoms with E-state index < -0.39 is 0 Å². The summed E-state index contributed by atoms with van der Waals surface area (Å²) in [4.78, 5) is 8.11. The topological polar surface area (TPSA) is 49.6 Å². The largest absolute Gasteiger partial charge is 0.245 e. The van der Waals surface area contributed by atoms with Gasteiger partial charge >= 0.3 is 0 Å². The molecule has 102 valence electrons. The zero-order chi connectivity index (χ0) is 14.8. The van der Waals surface area contributed by atoms with E-state index in [4.69, 9.17) is 0 Å². The van der Waals surface area contributed by atoms with Crippen molar-refractivity contribution in [3.05, 3.63) is 59.2 Å². The lowest BCUT2D eigenvalue weighted by Crippen LogP contribution is -2.12. The van der Waals surface area contributed by atoms with E-state index in [1.54, 1.807) is 12.3 Å². The first-order valence-corrected chi connectivity index (χ1v) is 6.70. The quantitative estimate of drug-likeness (QED) is 0.831. The SMILES string of the molecule is Cc1cc(C(C)(C)C)ccc1C(C#N)c1ccncn1. The van der Waals surface area contributed by atoms with Crippen LogP contribution in [0.3, 0.4) is 0 Å². The number of hydrogen-bond acceptors (Lipinski definition) is 3. The van der Waals surface area contributed by atoms with E-state index in [2.05, 4.69) is 55.9 Å². The molecule has 0 N–H and O–H groups in total. The van der Waals surface area contributed by atoms with Gasteiger partial charge in [0.25, 0.3) is 0 Å². The normalized spacial score (nSPS) is 12.8. The number of rotatable bonds is 2. The van der Waals surface area contributed by atoms with Crippen molar-refractivity contribution < 1.29 is 0 Å². The molecule has 2 aromatic rings. The molecule has 0 spiro atoms. The summed E-state index contributed by atoms with van der Waals surface area (Å²) in [6.45, 7) is 8.62. The van der Waals surface area contributed by atoms with E-state index in [1.807, 2.05) is 6.07 Å². The van der Waals surface area contributed by atoms with E-state index in [1.165, 1.54) is 11.9 Å². The van der Waals surface area contributed by atoms with Crippen LogP contribution in [0.1, 0.15) is 49.1 Å². The van der Waals surface area contributed by atoms with Gasteiger partial charge in [-0.05, 0) is 35.1 Å². The average Bonchev–Trinajstić information content (AvgIpc) is 2.41. The van der Waals surface area contributed by atoms with Crippen LogP contribution in [0.2, 0.25) is 0 Å². The molecule has 2 rings (SSSR count). The summed E-state index contributed by atoms with van der Waals surface area (Å²) in [7, 11) is 0. The molecule has 0 radical (unpaired) electrons. The maximum atomic E-state index is 9.48. The number of aryl methyl sites for hydroxylation is 1. The molecule has 1 aromatic carbocycles. The van der Waals surface area contributed by atoms with Crippen molar-refractivity contribution >= 4 is 0 Å². The Labute approximate surface area is 120 Å². The first-order valence-electron chi connectivity index (χ1n) is 6.70. The molecule has 0 amide bonds. The molecular formula is C17H19N3. The number of nitrogens with zero attached hydrogens (tertiary/aromatic N) is 3. The molecule has 0 saturated carbocycles. The minimum absolute atomic E-state index is 0.111. The standard InChI is InChI=1S/C17H19N3/c1-12-9-13(17(2,3)4)5-6-14(12)15(10-18)16-7-8-19-11-20-16/h5-9,11,15H,1-4H3. The molecule has 3 nitrogen and oxygen atoms in total. The fraction of sp³-hybridized carbons (Fsp3) is 0.353. The molecule has 0 bridgehead atoms. The van der Waals surface area contributed by atoms with Gasteiger partial charge in [0.2, 0.25) is 0 Å². The van der Waals surface area contributed by atoms with Crippen molar-refractivity contribution in [3.63, 3.8) is 0 Å². The van der Waals surface area contributed by atoms with Gasteiger partial charge in [-0.1, -0.05) is 39.0 Å². The highest BCUT2D eigenvalue weighted by molar-refractivity contribution is 5.42. The van der Waals surface area contributed by atoms with Crippen LogP contribution in [0.25, 0.3) is 0 Å². The molecule has 1 atom stereocenters. The van der Waals surface area contributed by atoms with Crippen molar-refractivity contribution in [2.24, 2.45) is 0 Å². The number of aromatic nitrogens is 2. The lowest BCUT2D eigenvalue weighted by Gasteiger charge is -2.21. The average molecular weight is 265 g/mol. The molecule has 0 aliphatic rings. The molecule has 20 heavy (non-hydrogen) atoms. The van der Waals surface area contributed by atoms with Gasteiger partial charge in [-0.3, -0.25) is 0 Å². The van der Waals surface area contributed by atoms with Crippen LogP contribution < -0.4 is 0 Å². The van der Waals surface area contributed by atoms with Crippen molar-refractivity contribution in [1.29, 1.82) is 5.26 Å². The summed E-state index contributed by atoms with van der Waals surface area (Å²) in [5, 5.41) is 9.48. The Morgan fingerprint density at radius 1 is 1.20 bits per heavy atom. The summed E-state index contributed by atoms with van der Waals surface area (Å²) >= 11 is 0. The second-order valence-corrected chi connectivity index (χ2v) is 6.02. The lowest BCUT2D eigenvalue weighted by molar-refractivity contribution is 0.589. The lowest BCUT2D eigenvalue weighted by atomic mass is 9.83. The number of benzene rings is 1. The molecule has 1 aromatic heterocycles. The van der Waals surface area contributed by atoms with Gasteiger partial charge in [0.05, 0.1) is 11.8 Å². The highest BCUT2D eigenvalue weighted by Crippen LogP contribution is 2.29. The van der Waals surface area contributed by atoms with Gasteiger partial charge in [0.1, 0.15) is 12.2 Å². The smallest absolute Gasteiger partial charge is 0.115 e. The molecule has 0 aliphatic heterocycles. The first kappa shape index (κ1) is 14.2. The van der Waals surface area contributed by atoms with Crippen molar-refractivity contribution in [2.45, 2.75) is 39.0 Å². The maximum absolute atomic E-state index is 9.48. The van der Waals surface area contributed by atoms with Crippen LogP contribution in [0, 0.1) is 18.3 Å². The molecular weight excluding hydrogens is 246 g/mol. The number of nitriles is 1. The van der Waals surface area contributed by atoms with Gasteiger partial charge in [-0.15, -0.1) is 0 Å². The van der Waals surface area contributed by atoms with Gasteiger partial charge in [0.15, 0.2) is 0 Å². The summed E-state index contributed by atoms with van der Waals surface area (Å²) in [5.41, 5.74) is 4.27. The zero-order valence-electron chi connectivity index (χ0n) is 12.4. The molecule has 1 unspecified atom stereocenters. The first-order chi connectivity index (χ1) is 9.43. The monoisotopic (exact) mass is 265 g/mol. The van der Waals surface area contributed by atoms with Crippen LogP contribution in [-0.4, -0.2) is 9.97 Å². The summed E-state index contributed by atoms with van der Waals surface area (Å²) in [6.07, 6.45) is 3.16. The van der Waals surface area contributed by atoms with E-state index in [0.717, 1.165) is 16.8 Å². The van der Waals surface area contributed by atoms with E-state index in [0.29, 0.717) is 0 Å². The third kappa shape index (κ3) is 2.85. The summed E-state index contributed by atoms with van der Waals surface area (Å²) in [5.74, 6) is -0.341. The fourth-order valence-corrected chi connectivity index (χ4v) is 2.23. The molecule has 1 heterocycles. The van der Waals surface area contributed by atoms with Crippen LogP contribution in [0.15, 0.2) is 36.8 Å². The zero-order valence-corrected chi connectivity index (χ0v) is 12.4. The van der Waals surface area contributed by atoms with Crippen LogP contribution >= 0.6 is 0 Å². The second-order valence-electron chi connectivity index (χ2n) is 6.02. The Balaban J connectivity index is 2.45. The second kappa shape index (κ2) is 5.42. The van der Waals surface area contributed by atoms with E-state index >= 15 is 0 Å². The fourth-order valence-electron chi connectivity index (χ4n) is 2.23. The van der Waals surface area contributed by atoms with Gasteiger partial charge in [0, 0.05) is 6.20 Å². The highest BCUT2D eigenvalue weighted by Gasteiger charge is 2.19. The van der Waals surface area contributed by atoms with E-state index in [9.17, 15) is 5.26 Å². The molecule has 0 aliphatic carbocycles. The third-order valence-electron chi connectivity index (χ3n) is 3.48. The van der Waals surface area contributed by atoms with Gasteiger partial charge < -0.3 is 0 Å². The van der Waals surface area contributed by atoms with Crippen molar-refractivity contribution in [3.8, 4) is 6.07 Å². The Morgan fingerprint density at radius 3 is 2.45 bits per heavy atom. The van der Waals surface area contributed by atoms with Gasteiger partial charge in [-0.2, -0.15) is 5.26 Å². The predicted octanol–water partition coefficient (Wildman–Crippen LogP) is 3.74. The van der Waals surface area contributed by atoms with E-state index in [-0.39, 0.29) is 11.3 Å². The Morgan fingerprint density at radius 2 is 1.95 bits per heavy atom. The molecule has 0 fully saturated rings. The van der Waals surface area contributed by atoms with Crippen LogP contribution in [0.5, 0.6) is 0 Å². The Bertz CT molecular complexity index is 634. The van der Waals surface area contributed by atoms with Crippen molar-refractivity contribution in [1.82, 2.24) is 9.97 Å². The minimum atomic E-state index is -0.341. The van der Waals surface area contributed by atoms with Crippen LogP contribution in [0.4, 0.5) is 0 Å². The maximum Gasteiger partial charge on any atom is 0.115 e. The van der Waals surface area contributed by atoms with Crippen LogP contribution in [-0.2, 0) is 5.41 Å². The highest BCUT2D eigenvalue weighted by atomic mass is 14.8. The molecule has 3 heteroatoms. The summed E-state index contributed by atoms with van der Waals surface area (Å²) in [6, 6.07) is 10.5. The Hall–Kier alpha value is -2.21. The van der Waals surface area contributed by atoms with Crippen molar-refractivity contribution in [2.75, 3.05) is 0 Å². The number of hydrogen-bond donors (Lipinski definition) is 0. The Kier molecular flexibility index (Phi) is 3.85.